The summed E-state index contributed by atoms with van der Waals surface area (Å²) in [6.07, 6.45) is 4.06. The van der Waals surface area contributed by atoms with Crippen LogP contribution in [0.5, 0.6) is 0 Å². The second kappa shape index (κ2) is 6.53. The van der Waals surface area contributed by atoms with Gasteiger partial charge in [0.15, 0.2) is 0 Å². The van der Waals surface area contributed by atoms with Crippen molar-refractivity contribution in [2.24, 2.45) is 5.92 Å². The fourth-order valence-corrected chi connectivity index (χ4v) is 2.68. The van der Waals surface area contributed by atoms with E-state index in [0.29, 0.717) is 16.5 Å². The van der Waals surface area contributed by atoms with Gasteiger partial charge in [0, 0.05) is 30.2 Å². The number of halogens is 2. The number of nitrogens with zero attached hydrogens (tertiary/aromatic N) is 1. The van der Waals surface area contributed by atoms with E-state index in [2.05, 4.69) is 18.7 Å². The highest BCUT2D eigenvalue weighted by molar-refractivity contribution is 6.30. The first-order valence-electron chi connectivity index (χ1n) is 6.91. The van der Waals surface area contributed by atoms with Gasteiger partial charge in [0.1, 0.15) is 5.82 Å². The zero-order valence-electron chi connectivity index (χ0n) is 11.6. The van der Waals surface area contributed by atoms with E-state index < -0.39 is 0 Å². The highest BCUT2D eigenvalue weighted by atomic mass is 35.5. The summed E-state index contributed by atoms with van der Waals surface area (Å²) in [6, 6.07) is 4.87. The summed E-state index contributed by atoms with van der Waals surface area (Å²) in [5, 5.41) is 0.450. The fourth-order valence-electron chi connectivity index (χ4n) is 2.52. The standard InChI is InChI=1S/C16H21ClFN/c1-12(2)11-19-7-5-13(6-8-19)9-14-3-4-15(17)10-16(14)18/h3-4,9-10,12H,5-8,11H2,1-2H3. The molecule has 2 rings (SSSR count). The summed E-state index contributed by atoms with van der Waals surface area (Å²) in [6.45, 7) is 7.81. The molecule has 0 aromatic heterocycles. The van der Waals surface area contributed by atoms with Crippen molar-refractivity contribution in [3.8, 4) is 0 Å². The molecule has 1 saturated heterocycles. The smallest absolute Gasteiger partial charge is 0.131 e. The molecule has 0 amide bonds. The molecule has 1 heterocycles. The van der Waals surface area contributed by atoms with E-state index in [1.807, 2.05) is 6.08 Å². The highest BCUT2D eigenvalue weighted by Gasteiger charge is 2.15. The lowest BCUT2D eigenvalue weighted by atomic mass is 10.00. The molecular weight excluding hydrogens is 261 g/mol. The maximum Gasteiger partial charge on any atom is 0.131 e. The van der Waals surface area contributed by atoms with Crippen molar-refractivity contribution in [1.82, 2.24) is 4.90 Å². The largest absolute Gasteiger partial charge is 0.302 e. The molecule has 0 N–H and O–H groups in total. The Morgan fingerprint density at radius 3 is 2.58 bits per heavy atom. The van der Waals surface area contributed by atoms with E-state index in [9.17, 15) is 4.39 Å². The highest BCUT2D eigenvalue weighted by Crippen LogP contribution is 2.22. The molecule has 0 unspecified atom stereocenters. The third-order valence-corrected chi connectivity index (χ3v) is 3.68. The molecule has 0 spiro atoms. The van der Waals surface area contributed by atoms with Gasteiger partial charge in [-0.3, -0.25) is 0 Å². The number of likely N-dealkylation sites (tertiary alicyclic amines) is 1. The van der Waals surface area contributed by atoms with Gasteiger partial charge >= 0.3 is 0 Å². The Labute approximate surface area is 120 Å². The van der Waals surface area contributed by atoms with E-state index >= 15 is 0 Å². The molecule has 0 atom stereocenters. The van der Waals surface area contributed by atoms with E-state index in [0.717, 1.165) is 32.5 Å². The summed E-state index contributed by atoms with van der Waals surface area (Å²) in [7, 11) is 0. The Kier molecular flexibility index (Phi) is 5.00. The van der Waals surface area contributed by atoms with Crippen molar-refractivity contribution in [3.05, 3.63) is 40.2 Å². The van der Waals surface area contributed by atoms with Gasteiger partial charge in [0.25, 0.3) is 0 Å². The Morgan fingerprint density at radius 1 is 1.32 bits per heavy atom. The SMILES string of the molecule is CC(C)CN1CCC(=Cc2ccc(Cl)cc2F)CC1. The van der Waals surface area contributed by atoms with Gasteiger partial charge in [-0.15, -0.1) is 0 Å². The van der Waals surface area contributed by atoms with Gasteiger partial charge < -0.3 is 4.90 Å². The third kappa shape index (κ3) is 4.32. The molecule has 3 heteroatoms. The van der Waals surface area contributed by atoms with Crippen LogP contribution in [0.2, 0.25) is 5.02 Å². The Bertz CT molecular complexity index is 458. The zero-order valence-corrected chi connectivity index (χ0v) is 12.4. The lowest BCUT2D eigenvalue weighted by Crippen LogP contribution is -2.33. The third-order valence-electron chi connectivity index (χ3n) is 3.44. The van der Waals surface area contributed by atoms with Crippen molar-refractivity contribution in [2.45, 2.75) is 26.7 Å². The Balaban J connectivity index is 1.99. The molecule has 0 radical (unpaired) electrons. The number of hydrogen-bond acceptors (Lipinski definition) is 1. The van der Waals surface area contributed by atoms with Crippen molar-refractivity contribution in [2.75, 3.05) is 19.6 Å². The van der Waals surface area contributed by atoms with Crippen LogP contribution in [0, 0.1) is 11.7 Å². The zero-order chi connectivity index (χ0) is 13.8. The van der Waals surface area contributed by atoms with Crippen LogP contribution >= 0.6 is 11.6 Å². The molecule has 104 valence electrons. The summed E-state index contributed by atoms with van der Waals surface area (Å²) < 4.78 is 13.7. The van der Waals surface area contributed by atoms with E-state index in [1.165, 1.54) is 11.6 Å². The monoisotopic (exact) mass is 281 g/mol. The minimum absolute atomic E-state index is 0.232. The first-order chi connectivity index (χ1) is 9.04. The average molecular weight is 282 g/mol. The van der Waals surface area contributed by atoms with Crippen molar-refractivity contribution in [1.29, 1.82) is 0 Å². The topological polar surface area (TPSA) is 3.24 Å². The maximum atomic E-state index is 13.7. The van der Waals surface area contributed by atoms with E-state index in [1.54, 1.807) is 12.1 Å². The number of hydrogen-bond donors (Lipinski definition) is 0. The minimum Gasteiger partial charge on any atom is -0.302 e. The summed E-state index contributed by atoms with van der Waals surface area (Å²) in [5.41, 5.74) is 1.98. The molecular formula is C16H21ClFN. The Hall–Kier alpha value is -0.860. The van der Waals surface area contributed by atoms with Crippen LogP contribution in [0.4, 0.5) is 4.39 Å². The van der Waals surface area contributed by atoms with Crippen LogP contribution in [-0.2, 0) is 0 Å². The second-order valence-corrected chi connectivity index (χ2v) is 6.10. The van der Waals surface area contributed by atoms with Crippen LogP contribution < -0.4 is 0 Å². The molecule has 0 aliphatic carbocycles. The fraction of sp³-hybridized carbons (Fsp3) is 0.500. The molecule has 19 heavy (non-hydrogen) atoms. The van der Waals surface area contributed by atoms with Gasteiger partial charge in [0.2, 0.25) is 0 Å². The summed E-state index contributed by atoms with van der Waals surface area (Å²) >= 11 is 5.76. The van der Waals surface area contributed by atoms with Crippen LogP contribution in [0.3, 0.4) is 0 Å². The molecule has 1 fully saturated rings. The minimum atomic E-state index is -0.232. The lowest BCUT2D eigenvalue weighted by Gasteiger charge is -2.29. The second-order valence-electron chi connectivity index (χ2n) is 5.66. The quantitative estimate of drug-likeness (QED) is 0.782. The average Bonchev–Trinajstić information content (AvgIpc) is 2.34. The maximum absolute atomic E-state index is 13.7. The van der Waals surface area contributed by atoms with Gasteiger partial charge in [-0.05, 0) is 30.9 Å². The lowest BCUT2D eigenvalue weighted by molar-refractivity contribution is 0.230. The molecule has 1 nitrogen and oxygen atoms in total. The van der Waals surface area contributed by atoms with E-state index in [4.69, 9.17) is 11.6 Å². The molecule has 0 bridgehead atoms. The van der Waals surface area contributed by atoms with Crippen LogP contribution in [-0.4, -0.2) is 24.5 Å². The molecule has 0 saturated carbocycles. The number of benzene rings is 1. The molecule has 1 aromatic rings. The Morgan fingerprint density at radius 2 is 2.00 bits per heavy atom. The first kappa shape index (κ1) is 14.5. The van der Waals surface area contributed by atoms with Crippen LogP contribution in [0.15, 0.2) is 23.8 Å². The van der Waals surface area contributed by atoms with Gasteiger partial charge in [0.05, 0.1) is 0 Å². The number of rotatable bonds is 3. The van der Waals surface area contributed by atoms with Crippen molar-refractivity contribution < 1.29 is 4.39 Å². The predicted octanol–water partition coefficient (Wildman–Crippen LogP) is 4.61. The van der Waals surface area contributed by atoms with Crippen molar-refractivity contribution in [3.63, 3.8) is 0 Å². The molecule has 1 aliphatic heterocycles. The summed E-state index contributed by atoms with van der Waals surface area (Å²) in [5.74, 6) is 0.476. The predicted molar refractivity (Wildman–Crippen MR) is 79.9 cm³/mol. The van der Waals surface area contributed by atoms with Gasteiger partial charge in [-0.2, -0.15) is 0 Å². The number of piperidine rings is 1. The van der Waals surface area contributed by atoms with Crippen LogP contribution in [0.1, 0.15) is 32.3 Å². The molecule has 1 aromatic carbocycles. The first-order valence-corrected chi connectivity index (χ1v) is 7.29. The normalized spacial score (nSPS) is 17.0. The van der Waals surface area contributed by atoms with E-state index in [-0.39, 0.29) is 5.82 Å². The molecule has 1 aliphatic rings. The van der Waals surface area contributed by atoms with Gasteiger partial charge in [-0.25, -0.2) is 4.39 Å². The van der Waals surface area contributed by atoms with Crippen molar-refractivity contribution >= 4 is 17.7 Å². The van der Waals surface area contributed by atoms with Gasteiger partial charge in [-0.1, -0.05) is 43.2 Å². The van der Waals surface area contributed by atoms with Crippen LogP contribution in [0.25, 0.3) is 6.08 Å². The summed E-state index contributed by atoms with van der Waals surface area (Å²) in [4.78, 5) is 2.49.